The lowest BCUT2D eigenvalue weighted by atomic mass is 9.68. The molecule has 1 unspecified atom stereocenters. The van der Waals surface area contributed by atoms with Gasteiger partial charge in [-0.2, -0.15) is 13.2 Å². The van der Waals surface area contributed by atoms with Crippen LogP contribution in [0.2, 0.25) is 0 Å². The van der Waals surface area contributed by atoms with Gasteiger partial charge in [0.05, 0.1) is 5.54 Å². The van der Waals surface area contributed by atoms with Gasteiger partial charge in [0.15, 0.2) is 0 Å². The predicted molar refractivity (Wildman–Crippen MR) is 100 cm³/mol. The highest BCUT2D eigenvalue weighted by Gasteiger charge is 2.64. The van der Waals surface area contributed by atoms with Gasteiger partial charge < -0.3 is 20.1 Å². The van der Waals surface area contributed by atoms with Gasteiger partial charge in [0.1, 0.15) is 18.2 Å². The van der Waals surface area contributed by atoms with Crippen LogP contribution in [0.5, 0.6) is 5.75 Å². The minimum absolute atomic E-state index is 0.0367. The van der Waals surface area contributed by atoms with E-state index >= 15 is 0 Å². The molecule has 1 atom stereocenters. The van der Waals surface area contributed by atoms with Gasteiger partial charge in [-0.25, -0.2) is 4.39 Å². The fourth-order valence-corrected chi connectivity index (χ4v) is 5.16. The summed E-state index contributed by atoms with van der Waals surface area (Å²) < 4.78 is 66.1. The summed E-state index contributed by atoms with van der Waals surface area (Å²) in [5, 5.41) is 0. The lowest BCUT2D eigenvalue weighted by molar-refractivity contribution is -0.264. The molecule has 170 valence electrons. The van der Waals surface area contributed by atoms with Gasteiger partial charge >= 0.3 is 6.18 Å². The summed E-state index contributed by atoms with van der Waals surface area (Å²) in [5.41, 5.74) is 3.12. The number of hydrogen-bond acceptors (Lipinski definition) is 5. The molecule has 1 aromatic rings. The molecule has 6 nitrogen and oxygen atoms in total. The Morgan fingerprint density at radius 2 is 1.97 bits per heavy atom. The number of amides is 1. The minimum Gasteiger partial charge on any atom is -0.477 e. The maximum atomic E-state index is 14.2. The molecule has 0 bridgehead atoms. The van der Waals surface area contributed by atoms with E-state index in [2.05, 4.69) is 4.74 Å². The van der Waals surface area contributed by atoms with Gasteiger partial charge in [-0.3, -0.25) is 9.59 Å². The highest BCUT2D eigenvalue weighted by atomic mass is 19.4. The molecule has 31 heavy (non-hydrogen) atoms. The summed E-state index contributed by atoms with van der Waals surface area (Å²) >= 11 is 0. The van der Waals surface area contributed by atoms with Crippen LogP contribution in [0.15, 0.2) is 18.2 Å². The quantitative estimate of drug-likeness (QED) is 0.558. The largest absolute Gasteiger partial charge is 0.477 e. The second kappa shape index (κ2) is 7.65. The fourth-order valence-electron chi connectivity index (χ4n) is 5.16. The molecule has 0 aromatic heterocycles. The molecule has 10 heteroatoms. The van der Waals surface area contributed by atoms with Crippen LogP contribution in [-0.4, -0.2) is 54.3 Å². The maximum Gasteiger partial charge on any atom is 0.428 e. The normalized spacial score (nSPS) is 30.9. The van der Waals surface area contributed by atoms with Gasteiger partial charge in [-0.1, -0.05) is 0 Å². The number of ether oxygens (including phenoxy) is 2. The van der Waals surface area contributed by atoms with Crippen molar-refractivity contribution < 1.29 is 36.6 Å². The zero-order valence-corrected chi connectivity index (χ0v) is 16.8. The number of fused-ring (bicyclic) bond motifs is 1. The Bertz CT molecular complexity index is 863. The number of hydrogen-bond donors (Lipinski definition) is 1. The van der Waals surface area contributed by atoms with Crippen molar-refractivity contribution in [3.63, 3.8) is 0 Å². The van der Waals surface area contributed by atoms with E-state index in [0.29, 0.717) is 19.3 Å². The number of halogens is 4. The molecule has 4 rings (SSSR count). The van der Waals surface area contributed by atoms with E-state index in [-0.39, 0.29) is 55.7 Å². The maximum absolute atomic E-state index is 14.2. The predicted octanol–water partition coefficient (Wildman–Crippen LogP) is 2.58. The molecular formula is C21H24F4N2O4. The molecule has 1 amide bonds. The van der Waals surface area contributed by atoms with E-state index in [1.165, 1.54) is 6.07 Å². The van der Waals surface area contributed by atoms with E-state index in [0.717, 1.165) is 12.1 Å². The third kappa shape index (κ3) is 3.86. The lowest BCUT2D eigenvalue weighted by Gasteiger charge is -2.47. The van der Waals surface area contributed by atoms with Crippen molar-refractivity contribution in [2.24, 2.45) is 17.6 Å². The summed E-state index contributed by atoms with van der Waals surface area (Å²) in [6.45, 7) is 0.723. The van der Waals surface area contributed by atoms with Crippen LogP contribution < -0.4 is 10.5 Å². The molecule has 1 saturated carbocycles. The van der Waals surface area contributed by atoms with Crippen molar-refractivity contribution in [3.8, 4) is 5.75 Å². The van der Waals surface area contributed by atoms with Crippen molar-refractivity contribution in [1.82, 2.24) is 4.90 Å². The molecule has 2 fully saturated rings. The van der Waals surface area contributed by atoms with E-state index in [4.69, 9.17) is 10.5 Å². The van der Waals surface area contributed by atoms with E-state index < -0.39 is 35.5 Å². The number of benzene rings is 1. The van der Waals surface area contributed by atoms with Crippen molar-refractivity contribution in [2.45, 2.75) is 49.4 Å². The van der Waals surface area contributed by atoms with E-state index in [1.54, 1.807) is 4.90 Å². The fraction of sp³-hybridized carbons (Fsp3) is 0.619. The van der Waals surface area contributed by atoms with Crippen LogP contribution in [0.4, 0.5) is 17.6 Å². The second-order valence-corrected chi connectivity index (χ2v) is 8.89. The highest BCUT2D eigenvalue weighted by molar-refractivity contribution is 5.80. The Morgan fingerprint density at radius 3 is 2.58 bits per heavy atom. The van der Waals surface area contributed by atoms with E-state index in [1.807, 2.05) is 0 Å². The van der Waals surface area contributed by atoms with E-state index in [9.17, 15) is 27.2 Å². The third-order valence-electron chi connectivity index (χ3n) is 6.81. The van der Waals surface area contributed by atoms with Crippen molar-refractivity contribution in [1.29, 1.82) is 0 Å². The van der Waals surface area contributed by atoms with Crippen LogP contribution in [0.1, 0.15) is 31.2 Å². The van der Waals surface area contributed by atoms with Gasteiger partial charge in [0.25, 0.3) is 6.47 Å². The molecule has 0 spiro atoms. The number of nitrogens with two attached hydrogens (primary N) is 1. The second-order valence-electron chi connectivity index (χ2n) is 8.89. The summed E-state index contributed by atoms with van der Waals surface area (Å²) in [6, 6.07) is 3.41. The van der Waals surface area contributed by atoms with Gasteiger partial charge in [-0.15, -0.1) is 0 Å². The van der Waals surface area contributed by atoms with Crippen molar-refractivity contribution in [2.75, 3.05) is 19.7 Å². The molecule has 3 aliphatic rings. The molecule has 2 aliphatic heterocycles. The number of carbonyl (C=O) groups excluding carboxylic acids is 2. The topological polar surface area (TPSA) is 81.9 Å². The Kier molecular flexibility index (Phi) is 5.39. The molecule has 0 radical (unpaired) electrons. The van der Waals surface area contributed by atoms with Crippen LogP contribution in [0.3, 0.4) is 0 Å². The van der Waals surface area contributed by atoms with Crippen LogP contribution in [0, 0.1) is 17.7 Å². The average Bonchev–Trinajstić information content (AvgIpc) is 3.10. The number of carbonyl (C=O) groups is 2. The Morgan fingerprint density at radius 1 is 1.29 bits per heavy atom. The van der Waals surface area contributed by atoms with Gasteiger partial charge in [-0.05, 0) is 43.9 Å². The number of piperidine rings is 1. The van der Waals surface area contributed by atoms with Crippen LogP contribution in [0.25, 0.3) is 0 Å². The van der Waals surface area contributed by atoms with Gasteiger partial charge in [0.2, 0.25) is 11.5 Å². The molecule has 1 saturated heterocycles. The first-order valence-corrected chi connectivity index (χ1v) is 10.2. The van der Waals surface area contributed by atoms with Crippen LogP contribution >= 0.6 is 0 Å². The number of alkyl halides is 3. The summed E-state index contributed by atoms with van der Waals surface area (Å²) in [6.07, 6.45) is -4.05. The molecule has 2 heterocycles. The standard InChI is InChI=1S/C21H24F4N2O4/c22-16-1-2-17-13(7-16)10-20(31-17,21(23,24)25)15-3-5-27(6-4-15)18(29)14-8-19(26,9-14)11-30-12-28/h1-2,7,12,14-15H,3-6,8-11,26H2. The minimum atomic E-state index is -4.63. The lowest BCUT2D eigenvalue weighted by Crippen LogP contribution is -2.61. The first kappa shape index (κ1) is 21.9. The molecule has 1 aromatic carbocycles. The first-order chi connectivity index (χ1) is 14.6. The first-order valence-electron chi connectivity index (χ1n) is 10.2. The Labute approximate surface area is 176 Å². The summed E-state index contributed by atoms with van der Waals surface area (Å²) in [5.74, 6) is -1.84. The Balaban J connectivity index is 1.39. The zero-order valence-electron chi connectivity index (χ0n) is 16.8. The molecular weight excluding hydrogens is 420 g/mol. The number of likely N-dealkylation sites (tertiary alicyclic amines) is 1. The van der Waals surface area contributed by atoms with Crippen molar-refractivity contribution in [3.05, 3.63) is 29.6 Å². The summed E-state index contributed by atoms with van der Waals surface area (Å²) in [4.78, 5) is 24.6. The summed E-state index contributed by atoms with van der Waals surface area (Å²) in [7, 11) is 0. The van der Waals surface area contributed by atoms with Crippen molar-refractivity contribution >= 4 is 12.4 Å². The number of rotatable bonds is 5. The monoisotopic (exact) mass is 444 g/mol. The zero-order chi connectivity index (χ0) is 22.4. The average molecular weight is 444 g/mol. The van der Waals surface area contributed by atoms with Gasteiger partial charge in [0, 0.05) is 36.9 Å². The highest BCUT2D eigenvalue weighted by Crippen LogP contribution is 2.51. The van der Waals surface area contributed by atoms with Crippen LogP contribution in [-0.2, 0) is 20.7 Å². The molecule has 1 aliphatic carbocycles. The SMILES string of the molecule is NC1(COC=O)CC(C(=O)N2CCC(C3(C(F)(F)F)Cc4cc(F)ccc4O3)CC2)C1. The third-order valence-corrected chi connectivity index (χ3v) is 6.81. The molecule has 2 N–H and O–H groups in total. The Hall–Kier alpha value is -2.36. The smallest absolute Gasteiger partial charge is 0.428 e. The number of nitrogens with zero attached hydrogens (tertiary/aromatic N) is 1.